The summed E-state index contributed by atoms with van der Waals surface area (Å²) in [5.74, 6) is -0.203. The van der Waals surface area contributed by atoms with Gasteiger partial charge in [0.05, 0.1) is 11.9 Å². The number of amides is 3. The molecule has 1 aliphatic heterocycles. The van der Waals surface area contributed by atoms with E-state index >= 15 is 0 Å². The molecular weight excluding hydrogens is 384 g/mol. The van der Waals surface area contributed by atoms with Crippen LogP contribution in [0.1, 0.15) is 59.9 Å². The number of anilines is 2. The normalized spacial score (nSPS) is 19.4. The van der Waals surface area contributed by atoms with Gasteiger partial charge < -0.3 is 15.0 Å². The molecule has 0 bridgehead atoms. The van der Waals surface area contributed by atoms with Gasteiger partial charge in [-0.2, -0.15) is 0 Å². The van der Waals surface area contributed by atoms with E-state index in [2.05, 4.69) is 36.4 Å². The van der Waals surface area contributed by atoms with Crippen molar-refractivity contribution in [2.24, 2.45) is 11.8 Å². The Labute approximate surface area is 178 Å². The van der Waals surface area contributed by atoms with Gasteiger partial charge in [0.15, 0.2) is 0 Å². The molecule has 0 aliphatic carbocycles. The maximum absolute atomic E-state index is 12.8. The molecule has 1 fully saturated rings. The Kier molecular flexibility index (Phi) is 7.44. The number of pyridine rings is 1. The third-order valence-corrected chi connectivity index (χ3v) is 5.04. The Bertz CT molecular complexity index is 801. The molecule has 8 nitrogen and oxygen atoms in total. The highest BCUT2D eigenvalue weighted by Gasteiger charge is 2.34. The number of hydrogen-bond acceptors (Lipinski definition) is 5. The Balaban J connectivity index is 2.05. The first-order valence-electron chi connectivity index (χ1n) is 10.5. The second kappa shape index (κ2) is 9.45. The summed E-state index contributed by atoms with van der Waals surface area (Å²) in [4.78, 5) is 43.2. The van der Waals surface area contributed by atoms with Crippen LogP contribution in [0.25, 0.3) is 0 Å². The molecule has 0 spiro atoms. The maximum atomic E-state index is 12.8. The molecule has 2 unspecified atom stereocenters. The number of likely N-dealkylation sites (tertiary alicyclic amines) is 1. The van der Waals surface area contributed by atoms with E-state index in [4.69, 9.17) is 4.74 Å². The Morgan fingerprint density at radius 1 is 1.20 bits per heavy atom. The first-order chi connectivity index (χ1) is 13.9. The lowest BCUT2D eigenvalue weighted by Crippen LogP contribution is -2.52. The third-order valence-electron chi connectivity index (χ3n) is 5.04. The summed E-state index contributed by atoms with van der Waals surface area (Å²) in [7, 11) is 0. The molecule has 2 heterocycles. The van der Waals surface area contributed by atoms with Crippen molar-refractivity contribution in [3.05, 3.63) is 17.8 Å². The van der Waals surface area contributed by atoms with Crippen LogP contribution < -0.4 is 10.6 Å². The predicted molar refractivity (Wildman–Crippen MR) is 116 cm³/mol. The van der Waals surface area contributed by atoms with E-state index in [-0.39, 0.29) is 12.0 Å². The minimum Gasteiger partial charge on any atom is -0.444 e. The van der Waals surface area contributed by atoms with Crippen LogP contribution in [0.4, 0.5) is 16.3 Å². The maximum Gasteiger partial charge on any atom is 0.413 e. The van der Waals surface area contributed by atoms with Crippen molar-refractivity contribution < 1.29 is 19.1 Å². The Morgan fingerprint density at radius 3 is 2.43 bits per heavy atom. The quantitative estimate of drug-likeness (QED) is 0.724. The number of aryl methyl sites for hydroxylation is 1. The lowest BCUT2D eigenvalue weighted by molar-refractivity contribution is -0.147. The van der Waals surface area contributed by atoms with Crippen molar-refractivity contribution >= 4 is 29.4 Å². The fraction of sp³-hybridized carbons (Fsp3) is 0.636. The van der Waals surface area contributed by atoms with Crippen LogP contribution in [-0.4, -0.2) is 46.0 Å². The fourth-order valence-corrected chi connectivity index (χ4v) is 3.59. The second-order valence-electron chi connectivity index (χ2n) is 9.42. The molecule has 3 amide bonds. The average molecular weight is 419 g/mol. The molecule has 1 saturated heterocycles. The predicted octanol–water partition coefficient (Wildman–Crippen LogP) is 3.96. The van der Waals surface area contributed by atoms with Crippen molar-refractivity contribution in [2.45, 2.75) is 73.0 Å². The lowest BCUT2D eigenvalue weighted by atomic mass is 9.88. The van der Waals surface area contributed by atoms with Crippen LogP contribution >= 0.6 is 0 Å². The fourth-order valence-electron chi connectivity index (χ4n) is 3.59. The van der Waals surface area contributed by atoms with Gasteiger partial charge in [-0.3, -0.25) is 14.9 Å². The number of carbonyl (C=O) groups is 3. The van der Waals surface area contributed by atoms with Gasteiger partial charge in [-0.1, -0.05) is 20.8 Å². The van der Waals surface area contributed by atoms with E-state index in [1.54, 1.807) is 38.7 Å². The summed E-state index contributed by atoms with van der Waals surface area (Å²) in [6.07, 6.45) is 2.76. The molecule has 2 atom stereocenters. The van der Waals surface area contributed by atoms with Gasteiger partial charge in [-0.05, 0) is 64.0 Å². The highest BCUT2D eigenvalue weighted by atomic mass is 16.6. The molecule has 30 heavy (non-hydrogen) atoms. The van der Waals surface area contributed by atoms with Crippen molar-refractivity contribution in [3.63, 3.8) is 0 Å². The molecule has 0 aromatic carbocycles. The smallest absolute Gasteiger partial charge is 0.413 e. The minimum absolute atomic E-state index is 0.0692. The van der Waals surface area contributed by atoms with Crippen molar-refractivity contribution in [2.75, 3.05) is 17.2 Å². The van der Waals surface area contributed by atoms with Crippen molar-refractivity contribution in [1.29, 1.82) is 0 Å². The van der Waals surface area contributed by atoms with Gasteiger partial charge >= 0.3 is 17.9 Å². The number of piperidine rings is 1. The van der Waals surface area contributed by atoms with Crippen molar-refractivity contribution in [1.82, 2.24) is 9.88 Å². The van der Waals surface area contributed by atoms with Crippen LogP contribution in [0, 0.1) is 18.8 Å². The number of carbonyl (C=O) groups excluding carboxylic acids is 3. The van der Waals surface area contributed by atoms with E-state index < -0.39 is 23.5 Å². The van der Waals surface area contributed by atoms with E-state index in [1.807, 2.05) is 0 Å². The second-order valence-corrected chi connectivity index (χ2v) is 9.42. The first kappa shape index (κ1) is 23.6. The van der Waals surface area contributed by atoms with Gasteiger partial charge in [0, 0.05) is 12.6 Å². The number of nitrogens with zero attached hydrogens (tertiary/aromatic N) is 2. The molecule has 166 valence electrons. The lowest BCUT2D eigenvalue weighted by Gasteiger charge is -2.40. The highest BCUT2D eigenvalue weighted by molar-refractivity contribution is 6.39. The number of aromatic nitrogens is 1. The summed E-state index contributed by atoms with van der Waals surface area (Å²) in [5, 5.41) is 5.22. The highest BCUT2D eigenvalue weighted by Crippen LogP contribution is 2.27. The van der Waals surface area contributed by atoms with Gasteiger partial charge in [-0.15, -0.1) is 0 Å². The zero-order valence-electron chi connectivity index (χ0n) is 19.0. The molecule has 1 aliphatic rings. The van der Waals surface area contributed by atoms with E-state index in [0.29, 0.717) is 29.5 Å². The topological polar surface area (TPSA) is 101 Å². The minimum atomic E-state index is -0.677. The molecule has 8 heteroatoms. The Morgan fingerprint density at radius 2 is 1.87 bits per heavy atom. The van der Waals surface area contributed by atoms with E-state index in [9.17, 15) is 14.4 Å². The molecule has 0 saturated carbocycles. The molecule has 1 aromatic heterocycles. The summed E-state index contributed by atoms with van der Waals surface area (Å²) >= 11 is 0. The van der Waals surface area contributed by atoms with Gasteiger partial charge in [-0.25, -0.2) is 9.78 Å². The SMILES string of the molecule is Cc1cc(NC(=O)C(=O)N2CC(C)CCC2C(C)C)cnc1NC(=O)OC(C)(C)C. The first-order valence-corrected chi connectivity index (χ1v) is 10.5. The average Bonchev–Trinajstić information content (AvgIpc) is 2.61. The third kappa shape index (κ3) is 6.43. The zero-order chi connectivity index (χ0) is 22.6. The van der Waals surface area contributed by atoms with E-state index in [1.165, 1.54) is 6.20 Å². The number of ether oxygens (including phenoxy) is 1. The summed E-state index contributed by atoms with van der Waals surface area (Å²) in [6.45, 7) is 13.9. The van der Waals surface area contributed by atoms with Gasteiger partial charge in [0.1, 0.15) is 11.4 Å². The summed E-state index contributed by atoms with van der Waals surface area (Å²) in [5.41, 5.74) is 0.413. The number of rotatable bonds is 3. The largest absolute Gasteiger partial charge is 0.444 e. The van der Waals surface area contributed by atoms with Crippen LogP contribution in [0.15, 0.2) is 12.3 Å². The monoisotopic (exact) mass is 418 g/mol. The Hall–Kier alpha value is -2.64. The summed E-state index contributed by atoms with van der Waals surface area (Å²) < 4.78 is 5.22. The molecule has 2 rings (SSSR count). The van der Waals surface area contributed by atoms with Crippen LogP contribution in [0.5, 0.6) is 0 Å². The molecular formula is C22H34N4O4. The molecule has 1 aromatic rings. The van der Waals surface area contributed by atoms with Crippen molar-refractivity contribution in [3.8, 4) is 0 Å². The molecule has 2 N–H and O–H groups in total. The zero-order valence-corrected chi connectivity index (χ0v) is 19.0. The van der Waals surface area contributed by atoms with Crippen LogP contribution in [-0.2, 0) is 14.3 Å². The van der Waals surface area contributed by atoms with E-state index in [0.717, 1.165) is 12.8 Å². The van der Waals surface area contributed by atoms with Gasteiger partial charge in [0.25, 0.3) is 0 Å². The van der Waals surface area contributed by atoms with Crippen LogP contribution in [0.2, 0.25) is 0 Å². The number of nitrogens with one attached hydrogen (secondary N) is 2. The number of hydrogen-bond donors (Lipinski definition) is 2. The summed E-state index contributed by atoms with van der Waals surface area (Å²) in [6, 6.07) is 1.73. The van der Waals surface area contributed by atoms with Gasteiger partial charge in [0.2, 0.25) is 0 Å². The standard InChI is InChI=1S/C22H34N4O4/c1-13(2)17-9-8-14(3)12-26(17)20(28)19(27)24-16-10-15(4)18(23-11-16)25-21(29)30-22(5,6)7/h10-11,13-14,17H,8-9,12H2,1-7H3,(H,24,27)(H,23,25,29). The molecule has 0 radical (unpaired) electrons. The van der Waals surface area contributed by atoms with Crippen LogP contribution in [0.3, 0.4) is 0 Å².